The molecule has 2 aromatic rings. The second-order valence-electron chi connectivity index (χ2n) is 8.10. The van der Waals surface area contributed by atoms with Gasteiger partial charge >= 0.3 is 5.63 Å². The Hall–Kier alpha value is -2.54. The summed E-state index contributed by atoms with van der Waals surface area (Å²) < 4.78 is 10.9. The van der Waals surface area contributed by atoms with E-state index in [2.05, 4.69) is 12.2 Å². The summed E-state index contributed by atoms with van der Waals surface area (Å²) in [5, 5.41) is 14.8. The number of fused-ring (bicyclic) bond motifs is 1. The van der Waals surface area contributed by atoms with E-state index in [9.17, 15) is 19.5 Å². The minimum atomic E-state index is -0.989. The largest absolute Gasteiger partial charge is 0.550 e. The van der Waals surface area contributed by atoms with Gasteiger partial charge in [0.2, 0.25) is 0 Å². The lowest BCUT2D eigenvalue weighted by molar-refractivity contribution is -0.312. The van der Waals surface area contributed by atoms with Gasteiger partial charge < -0.3 is 24.4 Å². The number of ether oxygens (including phenoxy) is 1. The number of amides is 1. The zero-order valence-electron chi connectivity index (χ0n) is 17.6. The Labute approximate surface area is 185 Å². The molecule has 0 atom stereocenters. The van der Waals surface area contributed by atoms with Gasteiger partial charge in [-0.25, -0.2) is 4.79 Å². The quantitative estimate of drug-likeness (QED) is 0.591. The zero-order chi connectivity index (χ0) is 22.4. The van der Waals surface area contributed by atoms with Gasteiger partial charge in [0, 0.05) is 30.0 Å². The second kappa shape index (κ2) is 10.7. The molecular formula is C23H27ClNO6-. The standard InChI is InChI=1S/C23H28ClNO6/c1-2-3-4-16-9-22(27)31-19-11-20(18(24)10-17(16)19)30-13-21(26)25-12-14-5-7-15(8-6-14)23(28)29/h9-11,14-15H,2-8,12-13H2,1H3,(H,25,26)(H,28,29)/p-1. The topological polar surface area (TPSA) is 109 Å². The number of carboxylic acids is 1. The van der Waals surface area contributed by atoms with Gasteiger partial charge in [-0.05, 0) is 62.0 Å². The van der Waals surface area contributed by atoms with Crippen molar-refractivity contribution in [2.24, 2.45) is 11.8 Å². The van der Waals surface area contributed by atoms with E-state index in [1.807, 2.05) is 0 Å². The average Bonchev–Trinajstić information content (AvgIpc) is 2.75. The lowest BCUT2D eigenvalue weighted by Gasteiger charge is -2.29. The highest BCUT2D eigenvalue weighted by Gasteiger charge is 2.22. The van der Waals surface area contributed by atoms with Crippen molar-refractivity contribution >= 4 is 34.4 Å². The summed E-state index contributed by atoms with van der Waals surface area (Å²) in [5.41, 5.74) is 0.828. The first-order valence-corrected chi connectivity index (χ1v) is 11.1. The van der Waals surface area contributed by atoms with Crippen molar-refractivity contribution in [1.29, 1.82) is 0 Å². The van der Waals surface area contributed by atoms with Crippen molar-refractivity contribution in [3.63, 3.8) is 0 Å². The first kappa shape index (κ1) is 23.1. The van der Waals surface area contributed by atoms with Gasteiger partial charge in [0.15, 0.2) is 6.61 Å². The molecule has 0 saturated heterocycles. The average molecular weight is 449 g/mol. The van der Waals surface area contributed by atoms with E-state index in [-0.39, 0.29) is 30.1 Å². The summed E-state index contributed by atoms with van der Waals surface area (Å²) in [5.74, 6) is -1.14. The number of rotatable bonds is 9. The molecule has 1 aromatic carbocycles. The van der Waals surface area contributed by atoms with Crippen molar-refractivity contribution in [3.05, 3.63) is 39.2 Å². The van der Waals surface area contributed by atoms with Crippen LogP contribution in [0.15, 0.2) is 27.4 Å². The Bertz CT molecular complexity index is 993. The van der Waals surface area contributed by atoms with Crippen LogP contribution in [0.5, 0.6) is 5.75 Å². The van der Waals surface area contributed by atoms with E-state index < -0.39 is 11.6 Å². The Morgan fingerprint density at radius 3 is 2.65 bits per heavy atom. The molecule has 1 heterocycles. The minimum absolute atomic E-state index is 0.223. The SMILES string of the molecule is CCCCc1cc(=O)oc2cc(OCC(=O)NCC3CCC(C(=O)[O-])CC3)c(Cl)cc12. The van der Waals surface area contributed by atoms with E-state index in [4.69, 9.17) is 20.8 Å². The van der Waals surface area contributed by atoms with Crippen LogP contribution < -0.4 is 20.8 Å². The summed E-state index contributed by atoms with van der Waals surface area (Å²) in [6.45, 7) is 2.33. The van der Waals surface area contributed by atoms with Gasteiger partial charge in [-0.3, -0.25) is 4.79 Å². The lowest BCUT2D eigenvalue weighted by Crippen LogP contribution is -2.37. The molecule has 1 fully saturated rings. The Morgan fingerprint density at radius 2 is 1.97 bits per heavy atom. The van der Waals surface area contributed by atoms with Crippen molar-refractivity contribution in [2.75, 3.05) is 13.2 Å². The van der Waals surface area contributed by atoms with Crippen LogP contribution in [0.25, 0.3) is 11.0 Å². The van der Waals surface area contributed by atoms with Crippen LogP contribution in [-0.4, -0.2) is 25.0 Å². The molecule has 8 heteroatoms. The third kappa shape index (κ3) is 6.23. The number of unbranched alkanes of at least 4 members (excludes halogenated alkanes) is 1. The number of halogens is 1. The number of carbonyl (C=O) groups is 2. The van der Waals surface area contributed by atoms with E-state index in [1.54, 1.807) is 12.1 Å². The molecule has 31 heavy (non-hydrogen) atoms. The van der Waals surface area contributed by atoms with Crippen molar-refractivity contribution < 1.29 is 23.8 Å². The van der Waals surface area contributed by atoms with E-state index in [0.717, 1.165) is 43.1 Å². The first-order valence-electron chi connectivity index (χ1n) is 10.7. The Morgan fingerprint density at radius 1 is 1.23 bits per heavy atom. The summed E-state index contributed by atoms with van der Waals surface area (Å²) in [6, 6.07) is 4.74. The van der Waals surface area contributed by atoms with Gasteiger partial charge in [-0.1, -0.05) is 24.9 Å². The number of aliphatic carboxylic acids is 1. The van der Waals surface area contributed by atoms with Gasteiger partial charge in [-0.2, -0.15) is 0 Å². The highest BCUT2D eigenvalue weighted by molar-refractivity contribution is 6.32. The van der Waals surface area contributed by atoms with E-state index in [0.29, 0.717) is 30.0 Å². The van der Waals surface area contributed by atoms with E-state index >= 15 is 0 Å². The molecule has 0 aliphatic heterocycles. The third-order valence-corrected chi connectivity index (χ3v) is 6.10. The molecule has 0 radical (unpaired) electrons. The summed E-state index contributed by atoms with van der Waals surface area (Å²) in [4.78, 5) is 35.0. The van der Waals surface area contributed by atoms with Gasteiger partial charge in [0.05, 0.1) is 5.02 Å². The normalized spacial score (nSPS) is 18.6. The van der Waals surface area contributed by atoms with Gasteiger partial charge in [0.25, 0.3) is 5.91 Å². The van der Waals surface area contributed by atoms with Crippen molar-refractivity contribution in [1.82, 2.24) is 5.32 Å². The lowest BCUT2D eigenvalue weighted by atomic mass is 9.82. The van der Waals surface area contributed by atoms with Crippen molar-refractivity contribution in [2.45, 2.75) is 51.9 Å². The molecule has 1 aliphatic carbocycles. The monoisotopic (exact) mass is 448 g/mol. The maximum atomic E-state index is 12.2. The summed E-state index contributed by atoms with van der Waals surface area (Å²) in [7, 11) is 0. The van der Waals surface area contributed by atoms with Gasteiger partial charge in [0.1, 0.15) is 11.3 Å². The fourth-order valence-electron chi connectivity index (χ4n) is 3.97. The predicted molar refractivity (Wildman–Crippen MR) is 115 cm³/mol. The fraction of sp³-hybridized carbons (Fsp3) is 0.522. The molecule has 1 amide bonds. The molecule has 3 rings (SSSR count). The molecule has 1 N–H and O–H groups in total. The number of aryl methyl sites for hydroxylation is 1. The number of nitrogens with one attached hydrogen (secondary N) is 1. The molecule has 0 bridgehead atoms. The third-order valence-electron chi connectivity index (χ3n) is 5.81. The number of hydrogen-bond acceptors (Lipinski definition) is 6. The smallest absolute Gasteiger partial charge is 0.336 e. The molecule has 168 valence electrons. The summed E-state index contributed by atoms with van der Waals surface area (Å²) >= 11 is 6.34. The van der Waals surface area contributed by atoms with Crippen LogP contribution in [0.1, 0.15) is 51.0 Å². The molecule has 7 nitrogen and oxygen atoms in total. The molecule has 1 aromatic heterocycles. The maximum absolute atomic E-state index is 12.2. The van der Waals surface area contributed by atoms with Crippen LogP contribution in [-0.2, 0) is 16.0 Å². The van der Waals surface area contributed by atoms with Gasteiger partial charge in [-0.15, -0.1) is 0 Å². The number of hydrogen-bond donors (Lipinski definition) is 1. The predicted octanol–water partition coefficient (Wildman–Crippen LogP) is 2.84. The van der Waals surface area contributed by atoms with Crippen LogP contribution in [0.3, 0.4) is 0 Å². The maximum Gasteiger partial charge on any atom is 0.336 e. The molecule has 0 unspecified atom stereocenters. The minimum Gasteiger partial charge on any atom is -0.550 e. The van der Waals surface area contributed by atoms with E-state index in [1.165, 1.54) is 6.07 Å². The number of benzene rings is 1. The van der Waals surface area contributed by atoms with Crippen molar-refractivity contribution in [3.8, 4) is 5.75 Å². The Kier molecular flexibility index (Phi) is 7.96. The molecule has 0 spiro atoms. The number of carbonyl (C=O) groups excluding carboxylic acids is 2. The Balaban J connectivity index is 1.57. The second-order valence-corrected chi connectivity index (χ2v) is 8.51. The highest BCUT2D eigenvalue weighted by Crippen LogP contribution is 2.32. The highest BCUT2D eigenvalue weighted by atomic mass is 35.5. The molecule has 1 saturated carbocycles. The molecule has 1 aliphatic rings. The first-order chi connectivity index (χ1) is 14.9. The van der Waals surface area contributed by atoms with Crippen LogP contribution in [0, 0.1) is 11.8 Å². The van der Waals surface area contributed by atoms with Crippen LogP contribution in [0.4, 0.5) is 0 Å². The molecular weight excluding hydrogens is 422 g/mol. The fourth-order valence-corrected chi connectivity index (χ4v) is 4.19. The van der Waals surface area contributed by atoms with Crippen LogP contribution in [0.2, 0.25) is 5.02 Å². The van der Waals surface area contributed by atoms with Crippen LogP contribution >= 0.6 is 11.6 Å². The zero-order valence-corrected chi connectivity index (χ0v) is 18.3. The summed E-state index contributed by atoms with van der Waals surface area (Å²) in [6.07, 6.45) is 5.36. The number of carboxylic acid groups (broad SMARTS) is 1.